The average Bonchev–Trinajstić information content (AvgIpc) is 2.21. The highest BCUT2D eigenvalue weighted by molar-refractivity contribution is 6.32. The lowest BCUT2D eigenvalue weighted by Crippen LogP contribution is -2.09. The molecule has 1 heterocycles. The van der Waals surface area contributed by atoms with Crippen molar-refractivity contribution >= 4 is 11.6 Å². The van der Waals surface area contributed by atoms with Gasteiger partial charge in [-0.05, 0) is 13.0 Å². The van der Waals surface area contributed by atoms with Crippen LogP contribution in [-0.2, 0) is 0 Å². The normalized spacial score (nSPS) is 11.1. The zero-order valence-electron chi connectivity index (χ0n) is 7.49. The van der Waals surface area contributed by atoms with Gasteiger partial charge in [0.2, 0.25) is 5.88 Å². The lowest BCUT2D eigenvalue weighted by Gasteiger charge is -2.09. The van der Waals surface area contributed by atoms with Gasteiger partial charge in [-0.1, -0.05) is 17.5 Å². The SMILES string of the molecule is C#CC(C)Oc1nccc(C#N)c1Cl. The second-order valence-electron chi connectivity index (χ2n) is 2.52. The molecule has 0 aliphatic heterocycles. The van der Waals surface area contributed by atoms with Crippen molar-refractivity contribution in [2.45, 2.75) is 13.0 Å². The topological polar surface area (TPSA) is 45.9 Å². The third-order valence-electron chi connectivity index (χ3n) is 1.50. The van der Waals surface area contributed by atoms with Gasteiger partial charge in [-0.2, -0.15) is 5.26 Å². The Hall–Kier alpha value is -1.71. The van der Waals surface area contributed by atoms with Crippen molar-refractivity contribution in [3.8, 4) is 24.3 Å². The Balaban J connectivity index is 3.01. The molecule has 0 radical (unpaired) electrons. The molecule has 3 nitrogen and oxygen atoms in total. The van der Waals surface area contributed by atoms with Crippen LogP contribution in [0.4, 0.5) is 0 Å². The monoisotopic (exact) mass is 206 g/mol. The van der Waals surface area contributed by atoms with Crippen LogP contribution in [0, 0.1) is 23.7 Å². The molecule has 1 aromatic heterocycles. The predicted molar refractivity (Wildman–Crippen MR) is 52.9 cm³/mol. The van der Waals surface area contributed by atoms with Crippen molar-refractivity contribution in [1.29, 1.82) is 5.26 Å². The van der Waals surface area contributed by atoms with Gasteiger partial charge >= 0.3 is 0 Å². The molecule has 0 aromatic carbocycles. The summed E-state index contributed by atoms with van der Waals surface area (Å²) in [6.45, 7) is 1.69. The first-order valence-electron chi connectivity index (χ1n) is 3.86. The number of hydrogen-bond acceptors (Lipinski definition) is 3. The Kier molecular flexibility index (Phi) is 3.34. The molecule has 70 valence electrons. The van der Waals surface area contributed by atoms with E-state index in [1.54, 1.807) is 6.92 Å². The van der Waals surface area contributed by atoms with Crippen molar-refractivity contribution in [1.82, 2.24) is 4.98 Å². The summed E-state index contributed by atoms with van der Waals surface area (Å²) in [6, 6.07) is 3.43. The van der Waals surface area contributed by atoms with E-state index >= 15 is 0 Å². The number of pyridine rings is 1. The van der Waals surface area contributed by atoms with E-state index in [9.17, 15) is 0 Å². The summed E-state index contributed by atoms with van der Waals surface area (Å²) in [5.41, 5.74) is 0.320. The van der Waals surface area contributed by atoms with Crippen LogP contribution in [0.2, 0.25) is 5.02 Å². The van der Waals surface area contributed by atoms with Gasteiger partial charge in [0, 0.05) is 6.20 Å². The van der Waals surface area contributed by atoms with E-state index in [1.165, 1.54) is 12.3 Å². The van der Waals surface area contributed by atoms with Gasteiger partial charge in [-0.25, -0.2) is 4.98 Å². The number of nitrogens with zero attached hydrogens (tertiary/aromatic N) is 2. The molecule has 0 saturated carbocycles. The van der Waals surface area contributed by atoms with Crippen molar-refractivity contribution in [2.75, 3.05) is 0 Å². The fraction of sp³-hybridized carbons (Fsp3) is 0.200. The number of halogens is 1. The second kappa shape index (κ2) is 4.50. The van der Waals surface area contributed by atoms with Crippen molar-refractivity contribution in [3.05, 3.63) is 22.8 Å². The number of terminal acetylenes is 1. The molecule has 1 rings (SSSR count). The Bertz CT molecular complexity index is 417. The number of nitriles is 1. The molecule has 1 atom stereocenters. The molecule has 0 bridgehead atoms. The molecule has 4 heteroatoms. The number of hydrogen-bond donors (Lipinski definition) is 0. The smallest absolute Gasteiger partial charge is 0.235 e. The molecule has 0 saturated heterocycles. The summed E-state index contributed by atoms with van der Waals surface area (Å²) >= 11 is 5.83. The highest BCUT2D eigenvalue weighted by atomic mass is 35.5. The van der Waals surface area contributed by atoms with Gasteiger partial charge in [0.1, 0.15) is 11.1 Å². The molecule has 1 unspecified atom stereocenters. The van der Waals surface area contributed by atoms with E-state index in [-0.39, 0.29) is 10.9 Å². The first-order chi connectivity index (χ1) is 6.69. The first-order valence-corrected chi connectivity index (χ1v) is 4.24. The van der Waals surface area contributed by atoms with E-state index in [0.29, 0.717) is 5.56 Å². The maximum Gasteiger partial charge on any atom is 0.235 e. The summed E-state index contributed by atoms with van der Waals surface area (Å²) in [5, 5.41) is 8.87. The zero-order chi connectivity index (χ0) is 10.6. The van der Waals surface area contributed by atoms with Crippen LogP contribution in [0.5, 0.6) is 5.88 Å². The van der Waals surface area contributed by atoms with Crippen LogP contribution in [-0.4, -0.2) is 11.1 Å². The number of aromatic nitrogens is 1. The van der Waals surface area contributed by atoms with Gasteiger partial charge < -0.3 is 4.74 Å². The highest BCUT2D eigenvalue weighted by Crippen LogP contribution is 2.25. The van der Waals surface area contributed by atoms with E-state index in [1.807, 2.05) is 6.07 Å². The van der Waals surface area contributed by atoms with Gasteiger partial charge in [0.15, 0.2) is 6.10 Å². The van der Waals surface area contributed by atoms with Crippen LogP contribution in [0.1, 0.15) is 12.5 Å². The van der Waals surface area contributed by atoms with Crippen molar-refractivity contribution < 1.29 is 4.74 Å². The summed E-state index contributed by atoms with van der Waals surface area (Å²) in [4.78, 5) is 3.87. The van der Waals surface area contributed by atoms with E-state index in [0.717, 1.165) is 0 Å². The lowest BCUT2D eigenvalue weighted by atomic mass is 10.3. The van der Waals surface area contributed by atoms with E-state index < -0.39 is 6.10 Å². The molecular formula is C10H7ClN2O. The Morgan fingerprint density at radius 2 is 2.43 bits per heavy atom. The summed E-state index contributed by atoms with van der Waals surface area (Å²) in [6.07, 6.45) is 6.15. The quantitative estimate of drug-likeness (QED) is 0.696. The van der Waals surface area contributed by atoms with Crippen LogP contribution in [0.25, 0.3) is 0 Å². The molecule has 0 N–H and O–H groups in total. The summed E-state index contributed by atoms with van der Waals surface area (Å²) < 4.78 is 5.21. The molecular weight excluding hydrogens is 200 g/mol. The van der Waals surface area contributed by atoms with Gasteiger partial charge in [0.05, 0.1) is 5.56 Å². The van der Waals surface area contributed by atoms with E-state index in [2.05, 4.69) is 10.9 Å². The fourth-order valence-corrected chi connectivity index (χ4v) is 0.993. The zero-order valence-corrected chi connectivity index (χ0v) is 8.25. The molecule has 1 aromatic rings. The van der Waals surface area contributed by atoms with Crippen LogP contribution in [0.3, 0.4) is 0 Å². The predicted octanol–water partition coefficient (Wildman–Crippen LogP) is 2.01. The highest BCUT2D eigenvalue weighted by Gasteiger charge is 2.10. The van der Waals surface area contributed by atoms with E-state index in [4.69, 9.17) is 28.0 Å². The lowest BCUT2D eigenvalue weighted by molar-refractivity contribution is 0.268. The van der Waals surface area contributed by atoms with Crippen LogP contribution < -0.4 is 4.74 Å². The minimum Gasteiger partial charge on any atom is -0.460 e. The van der Waals surface area contributed by atoms with Gasteiger partial charge in [-0.15, -0.1) is 6.42 Å². The molecule has 0 aliphatic carbocycles. The molecule has 0 aliphatic rings. The first kappa shape index (κ1) is 10.4. The fourth-order valence-electron chi connectivity index (χ4n) is 0.795. The summed E-state index contributed by atoms with van der Waals surface area (Å²) in [5.74, 6) is 2.57. The second-order valence-corrected chi connectivity index (χ2v) is 2.89. The minimum atomic E-state index is -0.422. The third-order valence-corrected chi connectivity index (χ3v) is 1.87. The molecule has 14 heavy (non-hydrogen) atoms. The molecule has 0 fully saturated rings. The van der Waals surface area contributed by atoms with Crippen molar-refractivity contribution in [2.24, 2.45) is 0 Å². The maximum atomic E-state index is 8.68. The Labute approximate surface area is 87.3 Å². The molecule has 0 amide bonds. The minimum absolute atomic E-state index is 0.191. The average molecular weight is 207 g/mol. The van der Waals surface area contributed by atoms with Crippen LogP contribution >= 0.6 is 11.6 Å². The third kappa shape index (κ3) is 2.16. The number of rotatable bonds is 2. The summed E-state index contributed by atoms with van der Waals surface area (Å²) in [7, 11) is 0. The van der Waals surface area contributed by atoms with Gasteiger partial charge in [-0.3, -0.25) is 0 Å². The van der Waals surface area contributed by atoms with Gasteiger partial charge in [0.25, 0.3) is 0 Å². The number of ether oxygens (including phenoxy) is 1. The Morgan fingerprint density at radius 1 is 1.71 bits per heavy atom. The molecule has 0 spiro atoms. The van der Waals surface area contributed by atoms with Crippen LogP contribution in [0.15, 0.2) is 12.3 Å². The largest absolute Gasteiger partial charge is 0.460 e. The van der Waals surface area contributed by atoms with Crippen molar-refractivity contribution in [3.63, 3.8) is 0 Å². The standard InChI is InChI=1S/C10H7ClN2O/c1-3-7(2)14-10-9(11)8(6-12)4-5-13-10/h1,4-5,7H,2H3. The maximum absolute atomic E-state index is 8.68. The Morgan fingerprint density at radius 3 is 3.00 bits per heavy atom.